The Morgan fingerprint density at radius 1 is 1.42 bits per heavy atom. The molecule has 128 valence electrons. The maximum atomic E-state index is 12.6. The van der Waals surface area contributed by atoms with Crippen molar-refractivity contribution in [3.05, 3.63) is 35.4 Å². The van der Waals surface area contributed by atoms with Crippen LogP contribution >= 0.6 is 11.8 Å². The Morgan fingerprint density at radius 3 is 2.79 bits per heavy atom. The summed E-state index contributed by atoms with van der Waals surface area (Å²) in [4.78, 5) is 38.3. The molecule has 1 aromatic rings. The van der Waals surface area contributed by atoms with E-state index >= 15 is 0 Å². The third-order valence-electron chi connectivity index (χ3n) is 4.77. The van der Waals surface area contributed by atoms with Crippen LogP contribution in [0.1, 0.15) is 41.6 Å². The topological polar surface area (TPSA) is 86.7 Å². The van der Waals surface area contributed by atoms with Crippen molar-refractivity contribution in [2.24, 2.45) is 5.92 Å². The van der Waals surface area contributed by atoms with Gasteiger partial charge < -0.3 is 15.3 Å². The summed E-state index contributed by atoms with van der Waals surface area (Å²) in [5.41, 5.74) is 1.56. The van der Waals surface area contributed by atoms with Gasteiger partial charge in [0, 0.05) is 11.3 Å². The summed E-state index contributed by atoms with van der Waals surface area (Å²) in [6.07, 6.45) is 0.646. The first-order valence-electron chi connectivity index (χ1n) is 8.02. The number of carboxylic acids is 1. The number of thioether (sulfide) groups is 1. The second-order valence-electron chi connectivity index (χ2n) is 6.21. The van der Waals surface area contributed by atoms with Crippen LogP contribution in [-0.2, 0) is 9.59 Å². The van der Waals surface area contributed by atoms with Crippen LogP contribution in [0.4, 0.5) is 0 Å². The zero-order valence-electron chi connectivity index (χ0n) is 13.6. The Hall–Kier alpha value is -2.02. The summed E-state index contributed by atoms with van der Waals surface area (Å²) in [5.74, 6) is -1.29. The van der Waals surface area contributed by atoms with E-state index in [1.165, 1.54) is 0 Å². The van der Waals surface area contributed by atoms with E-state index in [1.807, 2.05) is 25.1 Å². The molecule has 24 heavy (non-hydrogen) atoms. The number of amides is 2. The van der Waals surface area contributed by atoms with E-state index in [2.05, 4.69) is 5.32 Å². The normalized spacial score (nSPS) is 24.2. The largest absolute Gasteiger partial charge is 0.480 e. The first-order valence-corrected chi connectivity index (χ1v) is 9.07. The summed E-state index contributed by atoms with van der Waals surface area (Å²) in [7, 11) is 0. The van der Waals surface area contributed by atoms with Crippen molar-refractivity contribution in [1.29, 1.82) is 0 Å². The molecule has 0 aliphatic carbocycles. The molecule has 0 spiro atoms. The summed E-state index contributed by atoms with van der Waals surface area (Å²) in [5, 5.41) is 11.8. The quantitative estimate of drug-likeness (QED) is 0.848. The van der Waals surface area contributed by atoms with Gasteiger partial charge in [0.1, 0.15) is 17.5 Å². The predicted molar refractivity (Wildman–Crippen MR) is 90.6 cm³/mol. The third kappa shape index (κ3) is 2.66. The highest BCUT2D eigenvalue weighted by molar-refractivity contribution is 7.99. The lowest BCUT2D eigenvalue weighted by Crippen LogP contribution is -2.53. The van der Waals surface area contributed by atoms with Crippen LogP contribution in [0, 0.1) is 5.92 Å². The van der Waals surface area contributed by atoms with Gasteiger partial charge in [-0.15, -0.1) is 11.8 Å². The molecule has 3 rings (SSSR count). The molecule has 0 saturated carbocycles. The minimum absolute atomic E-state index is 0.156. The molecule has 0 radical (unpaired) electrons. The molecule has 0 aromatic heterocycles. The maximum absolute atomic E-state index is 12.6. The van der Waals surface area contributed by atoms with Gasteiger partial charge in [-0.05, 0) is 17.5 Å². The van der Waals surface area contributed by atoms with Gasteiger partial charge in [-0.2, -0.15) is 0 Å². The molecule has 4 atom stereocenters. The van der Waals surface area contributed by atoms with Gasteiger partial charge in [-0.25, -0.2) is 4.79 Å². The second-order valence-corrected chi connectivity index (χ2v) is 7.32. The monoisotopic (exact) mass is 348 g/mol. The van der Waals surface area contributed by atoms with Crippen LogP contribution < -0.4 is 5.32 Å². The number of nitrogens with one attached hydrogen (secondary N) is 1. The Kier molecular flexibility index (Phi) is 4.54. The molecule has 2 amide bonds. The van der Waals surface area contributed by atoms with Crippen molar-refractivity contribution in [1.82, 2.24) is 10.2 Å². The van der Waals surface area contributed by atoms with Crippen LogP contribution in [-0.4, -0.2) is 45.6 Å². The predicted octanol–water partition coefficient (Wildman–Crippen LogP) is 1.87. The molecule has 1 saturated heterocycles. The second kappa shape index (κ2) is 6.47. The average Bonchev–Trinajstić information content (AvgIpc) is 3.12. The standard InChI is InChI=1S/C17H20N2O4S/c1-3-9(2)13(17(22)23)18-14(20)12-8-24-16-11-7-5-4-6-10(11)15(21)19(12)16/h4-7,9,12-13,16H,3,8H2,1-2H3,(H,18,20)(H,22,23)/t9-,12-,13+,16-/m1/s1. The van der Waals surface area contributed by atoms with Crippen LogP contribution in [0.5, 0.6) is 0 Å². The lowest BCUT2D eigenvalue weighted by molar-refractivity contribution is -0.143. The van der Waals surface area contributed by atoms with Gasteiger partial charge >= 0.3 is 5.97 Å². The fraction of sp³-hybridized carbons (Fsp3) is 0.471. The molecule has 2 aliphatic rings. The molecule has 1 aromatic carbocycles. The number of aliphatic carboxylic acids is 1. The lowest BCUT2D eigenvalue weighted by Gasteiger charge is -2.26. The summed E-state index contributed by atoms with van der Waals surface area (Å²) in [6.45, 7) is 3.68. The van der Waals surface area contributed by atoms with E-state index < -0.39 is 18.1 Å². The number of carboxylic acid groups (broad SMARTS) is 1. The first kappa shape index (κ1) is 16.8. The molecule has 7 heteroatoms. The van der Waals surface area contributed by atoms with Crippen LogP contribution in [0.2, 0.25) is 0 Å². The van der Waals surface area contributed by atoms with Gasteiger partial charge in [-0.3, -0.25) is 9.59 Å². The smallest absolute Gasteiger partial charge is 0.326 e. The number of nitrogens with zero attached hydrogens (tertiary/aromatic N) is 1. The lowest BCUT2D eigenvalue weighted by atomic mass is 9.99. The number of fused-ring (bicyclic) bond motifs is 3. The Balaban J connectivity index is 1.79. The molecule has 1 fully saturated rings. The van der Waals surface area contributed by atoms with Crippen LogP contribution in [0.3, 0.4) is 0 Å². The Bertz CT molecular complexity index is 693. The van der Waals surface area contributed by atoms with Crippen molar-refractivity contribution in [2.75, 3.05) is 5.75 Å². The molecular formula is C17H20N2O4S. The summed E-state index contributed by atoms with van der Waals surface area (Å²) in [6, 6.07) is 5.79. The van der Waals surface area contributed by atoms with Gasteiger partial charge in [0.2, 0.25) is 5.91 Å². The zero-order valence-corrected chi connectivity index (χ0v) is 14.4. The number of benzene rings is 1. The highest BCUT2D eigenvalue weighted by Gasteiger charge is 2.48. The SMILES string of the molecule is CC[C@@H](C)[C@H](NC(=O)[C@H]1CS[C@@H]2c3ccccc3C(=O)N12)C(=O)O. The molecule has 2 aliphatic heterocycles. The van der Waals surface area contributed by atoms with Gasteiger partial charge in [-0.1, -0.05) is 38.5 Å². The van der Waals surface area contributed by atoms with Crippen LogP contribution in [0.25, 0.3) is 0 Å². The van der Waals surface area contributed by atoms with Crippen molar-refractivity contribution >= 4 is 29.5 Å². The molecule has 2 N–H and O–H groups in total. The van der Waals surface area contributed by atoms with E-state index in [4.69, 9.17) is 0 Å². The molecule has 2 heterocycles. The average molecular weight is 348 g/mol. The summed E-state index contributed by atoms with van der Waals surface area (Å²) >= 11 is 1.54. The molecule has 6 nitrogen and oxygen atoms in total. The van der Waals surface area contributed by atoms with Crippen molar-refractivity contribution in [3.8, 4) is 0 Å². The zero-order chi connectivity index (χ0) is 17.4. The number of hydrogen-bond donors (Lipinski definition) is 2. The van der Waals surface area contributed by atoms with Gasteiger partial charge in [0.15, 0.2) is 0 Å². The summed E-state index contributed by atoms with van der Waals surface area (Å²) < 4.78 is 0. The molecule has 0 unspecified atom stereocenters. The number of carbonyl (C=O) groups is 3. The van der Waals surface area contributed by atoms with E-state index in [0.29, 0.717) is 17.7 Å². The van der Waals surface area contributed by atoms with E-state index in [0.717, 1.165) is 5.56 Å². The Labute approximate surface area is 144 Å². The van der Waals surface area contributed by atoms with Gasteiger partial charge in [0.25, 0.3) is 5.91 Å². The highest BCUT2D eigenvalue weighted by atomic mass is 32.2. The fourth-order valence-electron chi connectivity index (χ4n) is 3.17. The maximum Gasteiger partial charge on any atom is 0.326 e. The Morgan fingerprint density at radius 2 is 2.12 bits per heavy atom. The first-order chi connectivity index (χ1) is 11.5. The molecule has 0 bridgehead atoms. The fourth-order valence-corrected chi connectivity index (χ4v) is 4.64. The van der Waals surface area contributed by atoms with E-state index in [-0.39, 0.29) is 23.1 Å². The van der Waals surface area contributed by atoms with E-state index in [1.54, 1.807) is 29.7 Å². The molecular weight excluding hydrogens is 328 g/mol. The van der Waals surface area contributed by atoms with Crippen molar-refractivity contribution in [3.63, 3.8) is 0 Å². The van der Waals surface area contributed by atoms with Crippen LogP contribution in [0.15, 0.2) is 24.3 Å². The highest BCUT2D eigenvalue weighted by Crippen LogP contribution is 2.48. The van der Waals surface area contributed by atoms with Crippen molar-refractivity contribution in [2.45, 2.75) is 37.7 Å². The minimum atomic E-state index is -1.05. The number of hydrogen-bond acceptors (Lipinski definition) is 4. The van der Waals surface area contributed by atoms with Gasteiger partial charge in [0.05, 0.1) is 0 Å². The van der Waals surface area contributed by atoms with Crippen molar-refractivity contribution < 1.29 is 19.5 Å². The third-order valence-corrected chi connectivity index (χ3v) is 6.08. The minimum Gasteiger partial charge on any atom is -0.480 e. The number of rotatable bonds is 5. The van der Waals surface area contributed by atoms with E-state index in [9.17, 15) is 19.5 Å². The number of carbonyl (C=O) groups excluding carboxylic acids is 2.